The van der Waals surface area contributed by atoms with Gasteiger partial charge < -0.3 is 10.1 Å². The van der Waals surface area contributed by atoms with Crippen LogP contribution in [0.1, 0.15) is 32.6 Å². The number of hydrogen-bond donors (Lipinski definition) is 1. The highest BCUT2D eigenvalue weighted by molar-refractivity contribution is 9.10. The van der Waals surface area contributed by atoms with Gasteiger partial charge >= 0.3 is 5.97 Å². The number of carbonyl (C=O) groups excluding carboxylic acids is 2. The molecule has 0 saturated heterocycles. The van der Waals surface area contributed by atoms with Crippen LogP contribution in [0.4, 0.5) is 5.69 Å². The molecule has 1 N–H and O–H groups in total. The molecule has 4 nitrogen and oxygen atoms in total. The third kappa shape index (κ3) is 4.65. The van der Waals surface area contributed by atoms with E-state index in [0.29, 0.717) is 10.6 Å². The van der Waals surface area contributed by atoms with Crippen LogP contribution < -0.4 is 5.32 Å². The van der Waals surface area contributed by atoms with Gasteiger partial charge in [-0.25, -0.2) is 4.79 Å². The van der Waals surface area contributed by atoms with Crippen LogP contribution in [0.5, 0.6) is 0 Å². The second-order valence-electron chi connectivity index (χ2n) is 5.18. The number of thiophene rings is 1. The summed E-state index contributed by atoms with van der Waals surface area (Å²) in [5.41, 5.74) is 2.82. The summed E-state index contributed by atoms with van der Waals surface area (Å²) in [6, 6.07) is 7.41. The Morgan fingerprint density at radius 1 is 1.26 bits per heavy atom. The molecule has 0 fully saturated rings. The molecule has 0 atom stereocenters. The molecule has 0 spiro atoms. The van der Waals surface area contributed by atoms with Crippen LogP contribution in [-0.2, 0) is 16.0 Å². The van der Waals surface area contributed by atoms with E-state index in [9.17, 15) is 9.59 Å². The number of nitrogens with one attached hydrogen (secondary N) is 1. The molecule has 0 aliphatic rings. The van der Waals surface area contributed by atoms with Crippen LogP contribution in [0.15, 0.2) is 28.7 Å². The smallest absolute Gasteiger partial charge is 0.348 e. The van der Waals surface area contributed by atoms with Gasteiger partial charge in [0.05, 0.1) is 5.69 Å². The first-order valence-electron chi connectivity index (χ1n) is 7.23. The summed E-state index contributed by atoms with van der Waals surface area (Å²) >= 11 is 4.80. The zero-order valence-electron chi connectivity index (χ0n) is 13.2. The summed E-state index contributed by atoms with van der Waals surface area (Å²) in [4.78, 5) is 25.6. The quantitative estimate of drug-likeness (QED) is 0.758. The van der Waals surface area contributed by atoms with E-state index in [4.69, 9.17) is 4.74 Å². The molecular formula is C17H18BrNO3S. The van der Waals surface area contributed by atoms with Gasteiger partial charge in [-0.3, -0.25) is 4.79 Å². The van der Waals surface area contributed by atoms with Crippen LogP contribution in [0.2, 0.25) is 0 Å². The SMILES string of the molecule is CCc1sc(C(=O)OCC(=O)Nc2ccc(C)cc2Br)cc1C. The second-order valence-corrected chi connectivity index (χ2v) is 7.17. The summed E-state index contributed by atoms with van der Waals surface area (Å²) in [7, 11) is 0. The first-order chi connectivity index (χ1) is 10.9. The number of anilines is 1. The Bertz CT molecular complexity index is 739. The van der Waals surface area contributed by atoms with Crippen LogP contribution in [0.25, 0.3) is 0 Å². The average molecular weight is 396 g/mol. The average Bonchev–Trinajstić information content (AvgIpc) is 2.89. The molecule has 2 rings (SSSR count). The Labute approximate surface area is 148 Å². The summed E-state index contributed by atoms with van der Waals surface area (Å²) < 4.78 is 5.87. The van der Waals surface area contributed by atoms with Crippen molar-refractivity contribution >= 4 is 44.8 Å². The van der Waals surface area contributed by atoms with Crippen molar-refractivity contribution < 1.29 is 14.3 Å². The Hall–Kier alpha value is -1.66. The standard InChI is InChI=1S/C17H18BrNO3S/c1-4-14-11(3)8-15(23-14)17(21)22-9-16(20)19-13-6-5-10(2)7-12(13)18/h5-8H,4,9H2,1-3H3,(H,19,20). The molecule has 2 aromatic rings. The fourth-order valence-electron chi connectivity index (χ4n) is 2.08. The molecule has 0 unspecified atom stereocenters. The third-order valence-corrected chi connectivity index (χ3v) is 5.29. The molecule has 1 aromatic carbocycles. The van der Waals surface area contributed by atoms with Gasteiger partial charge in [0.2, 0.25) is 0 Å². The molecule has 1 heterocycles. The molecule has 0 bridgehead atoms. The van der Waals surface area contributed by atoms with Gasteiger partial charge in [0.25, 0.3) is 5.91 Å². The minimum Gasteiger partial charge on any atom is -0.451 e. The van der Waals surface area contributed by atoms with Gasteiger partial charge in [0, 0.05) is 9.35 Å². The van der Waals surface area contributed by atoms with Crippen molar-refractivity contribution in [2.45, 2.75) is 27.2 Å². The minimum absolute atomic E-state index is 0.308. The highest BCUT2D eigenvalue weighted by Gasteiger charge is 2.15. The van der Waals surface area contributed by atoms with E-state index in [0.717, 1.165) is 26.9 Å². The summed E-state index contributed by atoms with van der Waals surface area (Å²) in [5.74, 6) is -0.831. The predicted octanol–water partition coefficient (Wildman–Crippen LogP) is 4.49. The van der Waals surface area contributed by atoms with Crippen molar-refractivity contribution in [3.05, 3.63) is 49.6 Å². The Balaban J connectivity index is 1.91. The monoisotopic (exact) mass is 395 g/mol. The highest BCUT2D eigenvalue weighted by Crippen LogP contribution is 2.24. The van der Waals surface area contributed by atoms with Crippen molar-refractivity contribution in [1.29, 1.82) is 0 Å². The van der Waals surface area contributed by atoms with E-state index in [1.807, 2.05) is 32.9 Å². The van der Waals surface area contributed by atoms with E-state index in [2.05, 4.69) is 21.2 Å². The molecule has 122 valence electrons. The third-order valence-electron chi connectivity index (χ3n) is 3.28. The number of aryl methyl sites for hydroxylation is 3. The molecule has 0 aliphatic carbocycles. The van der Waals surface area contributed by atoms with Crippen LogP contribution >= 0.6 is 27.3 Å². The second kappa shape index (κ2) is 7.75. The number of benzene rings is 1. The number of ether oxygens (including phenoxy) is 1. The number of hydrogen-bond acceptors (Lipinski definition) is 4. The number of carbonyl (C=O) groups is 2. The molecule has 1 amide bonds. The summed E-state index contributed by atoms with van der Waals surface area (Å²) in [6.45, 7) is 5.66. The van der Waals surface area contributed by atoms with Gasteiger partial charge in [0.1, 0.15) is 4.88 Å². The lowest BCUT2D eigenvalue weighted by molar-refractivity contribution is -0.119. The first kappa shape index (κ1) is 17.7. The predicted molar refractivity (Wildman–Crippen MR) is 96.2 cm³/mol. The van der Waals surface area contributed by atoms with Crippen molar-refractivity contribution in [3.63, 3.8) is 0 Å². The lowest BCUT2D eigenvalue weighted by Gasteiger charge is -2.08. The van der Waals surface area contributed by atoms with Crippen LogP contribution in [0, 0.1) is 13.8 Å². The van der Waals surface area contributed by atoms with Gasteiger partial charge in [-0.15, -0.1) is 11.3 Å². The van der Waals surface area contributed by atoms with Gasteiger partial charge in [-0.2, -0.15) is 0 Å². The van der Waals surface area contributed by atoms with Gasteiger partial charge in [0.15, 0.2) is 6.61 Å². The molecule has 1 aromatic heterocycles. The van der Waals surface area contributed by atoms with Crippen molar-refractivity contribution in [1.82, 2.24) is 0 Å². The molecular weight excluding hydrogens is 378 g/mol. The maximum Gasteiger partial charge on any atom is 0.348 e. The Kier molecular flexibility index (Phi) is 5.96. The summed E-state index contributed by atoms with van der Waals surface area (Å²) in [5, 5.41) is 2.71. The van der Waals surface area contributed by atoms with E-state index in [-0.39, 0.29) is 12.5 Å². The fraction of sp³-hybridized carbons (Fsp3) is 0.294. The number of amides is 1. The normalized spacial score (nSPS) is 10.4. The fourth-order valence-corrected chi connectivity index (χ4v) is 3.68. The zero-order chi connectivity index (χ0) is 17.0. The zero-order valence-corrected chi connectivity index (χ0v) is 15.6. The number of rotatable bonds is 5. The molecule has 6 heteroatoms. The number of esters is 1. The molecule has 0 saturated carbocycles. The van der Waals surface area contributed by atoms with Crippen molar-refractivity contribution in [3.8, 4) is 0 Å². The van der Waals surface area contributed by atoms with E-state index >= 15 is 0 Å². The Morgan fingerprint density at radius 2 is 2.00 bits per heavy atom. The topological polar surface area (TPSA) is 55.4 Å². The van der Waals surface area contributed by atoms with Crippen LogP contribution in [-0.4, -0.2) is 18.5 Å². The Morgan fingerprint density at radius 3 is 2.61 bits per heavy atom. The molecule has 0 aliphatic heterocycles. The lowest BCUT2D eigenvalue weighted by atomic mass is 10.2. The maximum atomic E-state index is 12.0. The lowest BCUT2D eigenvalue weighted by Crippen LogP contribution is -2.20. The highest BCUT2D eigenvalue weighted by atomic mass is 79.9. The van der Waals surface area contributed by atoms with Crippen molar-refractivity contribution in [2.75, 3.05) is 11.9 Å². The van der Waals surface area contributed by atoms with E-state index < -0.39 is 5.97 Å². The largest absolute Gasteiger partial charge is 0.451 e. The minimum atomic E-state index is -0.462. The van der Waals surface area contributed by atoms with Crippen LogP contribution in [0.3, 0.4) is 0 Å². The molecule has 0 radical (unpaired) electrons. The van der Waals surface area contributed by atoms with Gasteiger partial charge in [-0.1, -0.05) is 13.0 Å². The number of halogens is 1. The maximum absolute atomic E-state index is 12.0. The summed E-state index contributed by atoms with van der Waals surface area (Å²) in [6.07, 6.45) is 0.881. The van der Waals surface area contributed by atoms with Crippen molar-refractivity contribution in [2.24, 2.45) is 0 Å². The molecule has 23 heavy (non-hydrogen) atoms. The first-order valence-corrected chi connectivity index (χ1v) is 8.84. The van der Waals surface area contributed by atoms with Gasteiger partial charge in [-0.05, 0) is 65.5 Å². The van der Waals surface area contributed by atoms with E-state index in [1.54, 1.807) is 12.1 Å². The van der Waals surface area contributed by atoms with E-state index in [1.165, 1.54) is 11.3 Å².